The smallest absolute Gasteiger partial charge is 0.185 e. The molecule has 2 atom stereocenters. The monoisotopic (exact) mass is 241 g/mol. The van der Waals surface area contributed by atoms with Gasteiger partial charge in [-0.05, 0) is 24.6 Å². The zero-order valence-corrected chi connectivity index (χ0v) is 10.1. The summed E-state index contributed by atoms with van der Waals surface area (Å²) in [7, 11) is 0. The number of hydrogen-bond acceptors (Lipinski definition) is 5. The van der Waals surface area contributed by atoms with Gasteiger partial charge in [-0.25, -0.2) is 0 Å². The third-order valence-electron chi connectivity index (χ3n) is 2.08. The van der Waals surface area contributed by atoms with E-state index in [-0.39, 0.29) is 10.9 Å². The van der Waals surface area contributed by atoms with Gasteiger partial charge >= 0.3 is 0 Å². The fourth-order valence-electron chi connectivity index (χ4n) is 1.27. The van der Waals surface area contributed by atoms with Crippen molar-refractivity contribution in [3.63, 3.8) is 0 Å². The fraction of sp³-hybridized carbons (Fsp3) is 0.455. The molecule has 0 saturated carbocycles. The number of aryl methyl sites for hydroxylation is 1. The lowest BCUT2D eigenvalue weighted by atomic mass is 10.1. The second-order valence-electron chi connectivity index (χ2n) is 3.55. The van der Waals surface area contributed by atoms with Crippen LogP contribution in [0.15, 0.2) is 18.3 Å². The fourth-order valence-corrected chi connectivity index (χ4v) is 1.86. The molecule has 0 radical (unpaired) electrons. The van der Waals surface area contributed by atoms with Crippen molar-refractivity contribution < 1.29 is 15.0 Å². The molecule has 0 aliphatic carbocycles. The van der Waals surface area contributed by atoms with Crippen molar-refractivity contribution in [1.29, 1.82) is 0 Å². The standard InChI is InChI=1S/C11H15NO3S/c1-7-5-9(3-4-12-7)11(15)10(14)6-16-8(2)13/h3-5,10-11,14-15H,6H2,1-2H3. The van der Waals surface area contributed by atoms with Gasteiger partial charge < -0.3 is 10.2 Å². The summed E-state index contributed by atoms with van der Waals surface area (Å²) in [5.74, 6) is 0.192. The van der Waals surface area contributed by atoms with E-state index in [0.717, 1.165) is 17.5 Å². The highest BCUT2D eigenvalue weighted by atomic mass is 32.2. The van der Waals surface area contributed by atoms with Crippen molar-refractivity contribution >= 4 is 16.9 Å². The van der Waals surface area contributed by atoms with Crippen molar-refractivity contribution in [1.82, 2.24) is 4.98 Å². The Balaban J connectivity index is 2.62. The molecule has 0 amide bonds. The molecule has 1 aromatic rings. The van der Waals surface area contributed by atoms with Crippen LogP contribution in [0, 0.1) is 6.92 Å². The van der Waals surface area contributed by atoms with E-state index < -0.39 is 12.2 Å². The van der Waals surface area contributed by atoms with Crippen LogP contribution in [0.25, 0.3) is 0 Å². The number of pyridine rings is 1. The Kier molecular flexibility index (Phi) is 4.92. The molecule has 2 unspecified atom stereocenters. The molecule has 4 nitrogen and oxygen atoms in total. The first-order valence-corrected chi connectivity index (χ1v) is 5.91. The number of thioether (sulfide) groups is 1. The predicted molar refractivity (Wildman–Crippen MR) is 63.1 cm³/mol. The van der Waals surface area contributed by atoms with Gasteiger partial charge in [0, 0.05) is 24.6 Å². The third kappa shape index (κ3) is 3.92. The number of hydrogen-bond donors (Lipinski definition) is 2. The highest BCUT2D eigenvalue weighted by molar-refractivity contribution is 8.13. The van der Waals surface area contributed by atoms with Gasteiger partial charge in [-0.3, -0.25) is 9.78 Å². The maximum atomic E-state index is 10.7. The second kappa shape index (κ2) is 5.98. The summed E-state index contributed by atoms with van der Waals surface area (Å²) in [6, 6.07) is 3.37. The summed E-state index contributed by atoms with van der Waals surface area (Å²) in [5.41, 5.74) is 1.40. The van der Waals surface area contributed by atoms with Gasteiger partial charge in [0.1, 0.15) is 6.10 Å². The van der Waals surface area contributed by atoms with Crippen LogP contribution in [0.3, 0.4) is 0 Å². The largest absolute Gasteiger partial charge is 0.389 e. The number of carbonyl (C=O) groups is 1. The molecule has 0 spiro atoms. The van der Waals surface area contributed by atoms with Gasteiger partial charge in [-0.2, -0.15) is 0 Å². The van der Waals surface area contributed by atoms with Gasteiger partial charge in [0.2, 0.25) is 0 Å². The zero-order valence-electron chi connectivity index (χ0n) is 9.25. The van der Waals surface area contributed by atoms with Crippen LogP contribution in [-0.2, 0) is 4.79 Å². The van der Waals surface area contributed by atoms with Crippen molar-refractivity contribution in [3.8, 4) is 0 Å². The van der Waals surface area contributed by atoms with Crippen LogP contribution >= 0.6 is 11.8 Å². The van der Waals surface area contributed by atoms with Crippen molar-refractivity contribution in [2.75, 3.05) is 5.75 Å². The molecule has 0 aromatic carbocycles. The zero-order chi connectivity index (χ0) is 12.1. The lowest BCUT2D eigenvalue weighted by molar-refractivity contribution is -0.109. The molecule has 1 rings (SSSR count). The minimum absolute atomic E-state index is 0.0721. The molecule has 1 aromatic heterocycles. The van der Waals surface area contributed by atoms with E-state index in [0.29, 0.717) is 5.56 Å². The summed E-state index contributed by atoms with van der Waals surface area (Å²) < 4.78 is 0. The van der Waals surface area contributed by atoms with Crippen LogP contribution in [-0.4, -0.2) is 32.2 Å². The van der Waals surface area contributed by atoms with Gasteiger partial charge in [0.25, 0.3) is 0 Å². The second-order valence-corrected chi connectivity index (χ2v) is 4.74. The molecule has 0 aliphatic heterocycles. The molecule has 0 saturated heterocycles. The molecule has 0 fully saturated rings. The Labute approximate surface area is 98.7 Å². The summed E-state index contributed by atoms with van der Waals surface area (Å²) in [4.78, 5) is 14.7. The lowest BCUT2D eigenvalue weighted by Crippen LogP contribution is -2.21. The maximum absolute atomic E-state index is 10.7. The topological polar surface area (TPSA) is 70.4 Å². The summed E-state index contributed by atoms with van der Waals surface area (Å²) in [5, 5.41) is 19.4. The number of nitrogens with zero attached hydrogens (tertiary/aromatic N) is 1. The Morgan fingerprint density at radius 3 is 2.81 bits per heavy atom. The highest BCUT2D eigenvalue weighted by Crippen LogP contribution is 2.20. The number of rotatable bonds is 4. The SMILES string of the molecule is CC(=O)SCC(O)C(O)c1ccnc(C)c1. The quantitative estimate of drug-likeness (QED) is 0.825. The number of aliphatic hydroxyl groups excluding tert-OH is 2. The average molecular weight is 241 g/mol. The predicted octanol–water partition coefficient (Wildman–Crippen LogP) is 1.06. The van der Waals surface area contributed by atoms with Crippen LogP contribution in [0.1, 0.15) is 24.3 Å². The number of carbonyl (C=O) groups excluding carboxylic acids is 1. The first kappa shape index (κ1) is 13.2. The van der Waals surface area contributed by atoms with Gasteiger partial charge in [0.15, 0.2) is 5.12 Å². The molecule has 0 aliphatic rings. The average Bonchev–Trinajstić information content (AvgIpc) is 2.24. The first-order chi connectivity index (χ1) is 7.50. The lowest BCUT2D eigenvalue weighted by Gasteiger charge is -2.17. The molecular formula is C11H15NO3S. The number of aliphatic hydroxyl groups is 2. The molecule has 1 heterocycles. The normalized spacial score (nSPS) is 14.5. The van der Waals surface area contributed by atoms with Gasteiger partial charge in [-0.15, -0.1) is 0 Å². The van der Waals surface area contributed by atoms with E-state index >= 15 is 0 Å². The molecule has 16 heavy (non-hydrogen) atoms. The van der Waals surface area contributed by atoms with E-state index in [2.05, 4.69) is 4.98 Å². The van der Waals surface area contributed by atoms with Crippen molar-refractivity contribution in [2.24, 2.45) is 0 Å². The van der Waals surface area contributed by atoms with E-state index in [9.17, 15) is 15.0 Å². The Bertz CT molecular complexity index is 370. The van der Waals surface area contributed by atoms with Crippen molar-refractivity contribution in [3.05, 3.63) is 29.6 Å². The maximum Gasteiger partial charge on any atom is 0.185 e. The first-order valence-electron chi connectivity index (χ1n) is 4.92. The summed E-state index contributed by atoms with van der Waals surface area (Å²) >= 11 is 1.00. The van der Waals surface area contributed by atoms with Crippen LogP contribution in [0.5, 0.6) is 0 Å². The van der Waals surface area contributed by atoms with Crippen LogP contribution < -0.4 is 0 Å². The Hall–Kier alpha value is -0.910. The summed E-state index contributed by atoms with van der Waals surface area (Å²) in [6.07, 6.45) is -0.345. The van der Waals surface area contributed by atoms with Gasteiger partial charge in [0.05, 0.1) is 6.10 Å². The van der Waals surface area contributed by atoms with Crippen LogP contribution in [0.4, 0.5) is 0 Å². The van der Waals surface area contributed by atoms with Gasteiger partial charge in [-0.1, -0.05) is 11.8 Å². The minimum atomic E-state index is -0.978. The minimum Gasteiger partial charge on any atom is -0.389 e. The third-order valence-corrected chi connectivity index (χ3v) is 3.00. The van der Waals surface area contributed by atoms with E-state index in [1.165, 1.54) is 6.92 Å². The Morgan fingerprint density at radius 2 is 2.25 bits per heavy atom. The molecule has 0 bridgehead atoms. The highest BCUT2D eigenvalue weighted by Gasteiger charge is 2.19. The van der Waals surface area contributed by atoms with E-state index in [4.69, 9.17) is 0 Å². The summed E-state index contributed by atoms with van der Waals surface area (Å²) in [6.45, 7) is 3.24. The number of aromatic nitrogens is 1. The van der Waals surface area contributed by atoms with Crippen LogP contribution in [0.2, 0.25) is 0 Å². The van der Waals surface area contributed by atoms with Crippen molar-refractivity contribution in [2.45, 2.75) is 26.1 Å². The van der Waals surface area contributed by atoms with E-state index in [1.54, 1.807) is 18.3 Å². The Morgan fingerprint density at radius 1 is 1.56 bits per heavy atom. The molecule has 88 valence electrons. The molecule has 5 heteroatoms. The molecular weight excluding hydrogens is 226 g/mol. The van der Waals surface area contributed by atoms with E-state index in [1.807, 2.05) is 6.92 Å². The molecule has 2 N–H and O–H groups in total.